The van der Waals surface area contributed by atoms with Crippen LogP contribution in [0.1, 0.15) is 0 Å². The van der Waals surface area contributed by atoms with Crippen LogP contribution in [-0.2, 0) is 20.0 Å². The second-order valence-electron chi connectivity index (χ2n) is 5.43. The van der Waals surface area contributed by atoms with Gasteiger partial charge in [0, 0.05) is 25.8 Å². The van der Waals surface area contributed by atoms with Crippen LogP contribution in [0, 0.1) is 0 Å². The second kappa shape index (κ2) is 7.52. The highest BCUT2D eigenvalue weighted by Crippen LogP contribution is 2.30. The lowest BCUT2D eigenvalue weighted by molar-refractivity contribution is 0.354. The Bertz CT molecular complexity index is 984. The number of rotatable bonds is 7. The van der Waals surface area contributed by atoms with Crippen LogP contribution in [0.2, 0.25) is 0 Å². The van der Waals surface area contributed by atoms with Gasteiger partial charge >= 0.3 is 0 Å². The van der Waals surface area contributed by atoms with Gasteiger partial charge in [0.05, 0.1) is 24.0 Å². The van der Waals surface area contributed by atoms with E-state index in [1.54, 1.807) is 0 Å². The van der Waals surface area contributed by atoms with Gasteiger partial charge in [0.2, 0.25) is 10.0 Å². The molecule has 0 spiro atoms. The molecule has 10 heteroatoms. The number of nitrogens with zero attached hydrogens (tertiary/aromatic N) is 1. The summed E-state index contributed by atoms with van der Waals surface area (Å²) in [5.74, 6) is 0.687. The molecule has 0 amide bonds. The number of anilines is 1. The smallest absolute Gasteiger partial charge is 0.262 e. The topological polar surface area (TPSA) is 102 Å². The van der Waals surface area contributed by atoms with Crippen LogP contribution < -0.4 is 14.2 Å². The Morgan fingerprint density at radius 1 is 0.808 bits per heavy atom. The van der Waals surface area contributed by atoms with Crippen LogP contribution in [0.3, 0.4) is 0 Å². The molecule has 0 aromatic heterocycles. The van der Waals surface area contributed by atoms with Crippen LogP contribution in [0.5, 0.6) is 11.5 Å². The zero-order chi connectivity index (χ0) is 19.5. The van der Waals surface area contributed by atoms with Crippen LogP contribution in [0.15, 0.2) is 52.3 Å². The monoisotopic (exact) mass is 400 g/mol. The average molecular weight is 400 g/mol. The molecule has 0 heterocycles. The highest BCUT2D eigenvalue weighted by molar-refractivity contribution is 7.92. The van der Waals surface area contributed by atoms with E-state index in [0.717, 1.165) is 4.31 Å². The minimum atomic E-state index is -3.88. The number of methoxy groups -OCH3 is 2. The molecule has 0 radical (unpaired) electrons. The summed E-state index contributed by atoms with van der Waals surface area (Å²) in [4.78, 5) is 0.0525. The molecule has 2 aromatic rings. The molecule has 0 bridgehead atoms. The predicted molar refractivity (Wildman–Crippen MR) is 97.7 cm³/mol. The Labute approximate surface area is 153 Å². The molecule has 0 saturated heterocycles. The molecule has 0 atom stereocenters. The van der Waals surface area contributed by atoms with Gasteiger partial charge in [-0.25, -0.2) is 21.1 Å². The molecule has 2 aromatic carbocycles. The SMILES string of the molecule is COc1ccc(S(=O)(=O)Nc2ccc(S(=O)(=O)N(C)C)cc2)cc1OC. The van der Waals surface area contributed by atoms with Gasteiger partial charge in [0.1, 0.15) is 0 Å². The van der Waals surface area contributed by atoms with E-state index in [1.807, 2.05) is 0 Å². The van der Waals surface area contributed by atoms with E-state index in [-0.39, 0.29) is 21.2 Å². The van der Waals surface area contributed by atoms with Crippen molar-refractivity contribution >= 4 is 25.7 Å². The maximum atomic E-state index is 12.5. The Balaban J connectivity index is 2.30. The average Bonchev–Trinajstić information content (AvgIpc) is 2.61. The standard InChI is InChI=1S/C16H20N2O6S2/c1-18(2)26(21,22)13-7-5-12(6-8-13)17-25(19,20)14-9-10-15(23-3)16(11-14)24-4/h5-11,17H,1-4H3. The van der Waals surface area contributed by atoms with E-state index >= 15 is 0 Å². The van der Waals surface area contributed by atoms with E-state index in [2.05, 4.69) is 4.72 Å². The molecule has 142 valence electrons. The Kier molecular flexibility index (Phi) is 5.79. The molecule has 0 aliphatic carbocycles. The first-order chi connectivity index (χ1) is 12.1. The molecule has 0 unspecified atom stereocenters. The lowest BCUT2D eigenvalue weighted by Gasteiger charge is -2.13. The van der Waals surface area contributed by atoms with Gasteiger partial charge in [-0.2, -0.15) is 0 Å². The highest BCUT2D eigenvalue weighted by atomic mass is 32.2. The van der Waals surface area contributed by atoms with Crippen molar-refractivity contribution in [1.29, 1.82) is 0 Å². The van der Waals surface area contributed by atoms with Crippen LogP contribution >= 0.6 is 0 Å². The van der Waals surface area contributed by atoms with Crippen LogP contribution in [0.25, 0.3) is 0 Å². The first-order valence-electron chi connectivity index (χ1n) is 7.39. The summed E-state index contributed by atoms with van der Waals surface area (Å²) in [6, 6.07) is 9.65. The third kappa shape index (κ3) is 4.09. The van der Waals surface area contributed by atoms with Gasteiger partial charge in [0.25, 0.3) is 10.0 Å². The summed E-state index contributed by atoms with van der Waals surface area (Å²) in [5, 5.41) is 0. The number of hydrogen-bond donors (Lipinski definition) is 1. The summed E-state index contributed by atoms with van der Waals surface area (Å²) in [6.45, 7) is 0. The van der Waals surface area contributed by atoms with Crippen LogP contribution in [0.4, 0.5) is 5.69 Å². The molecule has 0 saturated carbocycles. The quantitative estimate of drug-likeness (QED) is 0.760. The number of nitrogens with one attached hydrogen (secondary N) is 1. The molecule has 0 fully saturated rings. The molecular formula is C16H20N2O6S2. The third-order valence-electron chi connectivity index (χ3n) is 3.55. The van der Waals surface area contributed by atoms with Crippen molar-refractivity contribution in [3.05, 3.63) is 42.5 Å². The minimum Gasteiger partial charge on any atom is -0.493 e. The maximum Gasteiger partial charge on any atom is 0.262 e. The summed E-state index contributed by atoms with van der Waals surface area (Å²) in [7, 11) is -1.76. The summed E-state index contributed by atoms with van der Waals surface area (Å²) < 4.78 is 62.8. The number of sulfonamides is 2. The fraction of sp³-hybridized carbons (Fsp3) is 0.250. The normalized spacial score (nSPS) is 12.0. The van der Waals surface area contributed by atoms with Crippen LogP contribution in [-0.4, -0.2) is 49.5 Å². The van der Waals surface area contributed by atoms with Gasteiger partial charge in [-0.1, -0.05) is 0 Å². The van der Waals surface area contributed by atoms with E-state index in [9.17, 15) is 16.8 Å². The molecule has 1 N–H and O–H groups in total. The van der Waals surface area contributed by atoms with Crippen molar-refractivity contribution in [3.63, 3.8) is 0 Å². The van der Waals surface area contributed by atoms with Crippen molar-refractivity contribution in [1.82, 2.24) is 4.31 Å². The Hall–Kier alpha value is -2.30. The zero-order valence-electron chi connectivity index (χ0n) is 14.8. The molecular weight excluding hydrogens is 380 g/mol. The zero-order valence-corrected chi connectivity index (χ0v) is 16.4. The van der Waals surface area contributed by atoms with Crippen molar-refractivity contribution in [2.45, 2.75) is 9.79 Å². The third-order valence-corrected chi connectivity index (χ3v) is 6.76. The predicted octanol–water partition coefficient (Wildman–Crippen LogP) is 1.75. The Morgan fingerprint density at radius 3 is 1.85 bits per heavy atom. The molecule has 8 nitrogen and oxygen atoms in total. The molecule has 0 aliphatic rings. The number of benzene rings is 2. The number of hydrogen-bond acceptors (Lipinski definition) is 6. The second-order valence-corrected chi connectivity index (χ2v) is 9.27. The largest absolute Gasteiger partial charge is 0.493 e. The van der Waals surface area contributed by atoms with E-state index < -0.39 is 20.0 Å². The fourth-order valence-corrected chi connectivity index (χ4v) is 4.08. The minimum absolute atomic E-state index is 0.0138. The van der Waals surface area contributed by atoms with Crippen molar-refractivity contribution in [2.75, 3.05) is 33.0 Å². The summed E-state index contributed by atoms with van der Waals surface area (Å²) in [6.07, 6.45) is 0. The van der Waals surface area contributed by atoms with Gasteiger partial charge in [0.15, 0.2) is 11.5 Å². The first kappa shape index (κ1) is 20.0. The maximum absolute atomic E-state index is 12.5. The number of ether oxygens (including phenoxy) is 2. The first-order valence-corrected chi connectivity index (χ1v) is 10.3. The summed E-state index contributed by atoms with van der Waals surface area (Å²) in [5.41, 5.74) is 0.234. The Morgan fingerprint density at radius 2 is 1.35 bits per heavy atom. The lowest BCUT2D eigenvalue weighted by Crippen LogP contribution is -2.22. The van der Waals surface area contributed by atoms with E-state index in [0.29, 0.717) is 5.75 Å². The van der Waals surface area contributed by atoms with Gasteiger partial charge in [-0.3, -0.25) is 4.72 Å². The van der Waals surface area contributed by atoms with Crippen molar-refractivity contribution in [2.24, 2.45) is 0 Å². The van der Waals surface area contributed by atoms with Gasteiger partial charge in [-0.05, 0) is 36.4 Å². The molecule has 2 rings (SSSR count). The van der Waals surface area contributed by atoms with E-state index in [4.69, 9.17) is 9.47 Å². The molecule has 0 aliphatic heterocycles. The van der Waals surface area contributed by atoms with Crippen molar-refractivity contribution in [3.8, 4) is 11.5 Å². The highest BCUT2D eigenvalue weighted by Gasteiger charge is 2.19. The molecule has 26 heavy (non-hydrogen) atoms. The van der Waals surface area contributed by atoms with Gasteiger partial charge < -0.3 is 9.47 Å². The lowest BCUT2D eigenvalue weighted by atomic mass is 10.3. The summed E-state index contributed by atoms with van der Waals surface area (Å²) >= 11 is 0. The fourth-order valence-electron chi connectivity index (χ4n) is 2.10. The van der Waals surface area contributed by atoms with E-state index in [1.165, 1.54) is 70.8 Å². The van der Waals surface area contributed by atoms with Gasteiger partial charge in [-0.15, -0.1) is 0 Å². The van der Waals surface area contributed by atoms with Crippen molar-refractivity contribution < 1.29 is 26.3 Å².